The number of carbonyl (C=O) groups excluding carboxylic acids is 1. The van der Waals surface area contributed by atoms with E-state index in [1.54, 1.807) is 12.1 Å². The van der Waals surface area contributed by atoms with Crippen LogP contribution in [0.1, 0.15) is 0 Å². The lowest BCUT2D eigenvalue weighted by atomic mass is 10.3. The summed E-state index contributed by atoms with van der Waals surface area (Å²) in [5.74, 6) is -0.202. The predicted molar refractivity (Wildman–Crippen MR) is 77.6 cm³/mol. The van der Waals surface area contributed by atoms with Crippen molar-refractivity contribution >= 4 is 46.8 Å². The maximum atomic E-state index is 12.0. The molecule has 2 rings (SSSR count). The number of benzene rings is 1. The van der Waals surface area contributed by atoms with Gasteiger partial charge in [-0.3, -0.25) is 4.79 Å². The van der Waals surface area contributed by atoms with E-state index in [9.17, 15) is 9.59 Å². The van der Waals surface area contributed by atoms with Gasteiger partial charge in [0, 0.05) is 11.8 Å². The number of ether oxygens (including phenoxy) is 1. The summed E-state index contributed by atoms with van der Waals surface area (Å²) >= 11 is 13.0. The third-order valence-corrected chi connectivity index (χ3v) is 4.49. The number of hydrogen-bond donors (Lipinski definition) is 1. The summed E-state index contributed by atoms with van der Waals surface area (Å²) in [7, 11) is 0. The van der Waals surface area contributed by atoms with Crippen LogP contribution in [0.25, 0.3) is 0 Å². The second-order valence-corrected chi connectivity index (χ2v) is 5.90. The van der Waals surface area contributed by atoms with Crippen molar-refractivity contribution in [1.29, 1.82) is 0 Å². The Bertz CT molecular complexity index is 540. The van der Waals surface area contributed by atoms with Crippen molar-refractivity contribution in [2.75, 3.05) is 18.2 Å². The first-order valence-electron chi connectivity index (χ1n) is 5.67. The van der Waals surface area contributed by atoms with Gasteiger partial charge >= 0.3 is 5.97 Å². The molecule has 1 amide bonds. The van der Waals surface area contributed by atoms with E-state index in [1.807, 2.05) is 0 Å². The Labute approximate surface area is 129 Å². The number of carboxylic acids is 1. The van der Waals surface area contributed by atoms with Crippen LogP contribution in [0.15, 0.2) is 18.2 Å². The van der Waals surface area contributed by atoms with Crippen LogP contribution in [0.5, 0.6) is 5.75 Å². The Morgan fingerprint density at radius 1 is 1.40 bits per heavy atom. The van der Waals surface area contributed by atoms with Gasteiger partial charge in [-0.1, -0.05) is 23.2 Å². The number of aliphatic carboxylic acids is 1. The topological polar surface area (TPSA) is 66.8 Å². The molecule has 0 spiro atoms. The van der Waals surface area contributed by atoms with Gasteiger partial charge in [-0.2, -0.15) is 0 Å². The van der Waals surface area contributed by atoms with E-state index >= 15 is 0 Å². The van der Waals surface area contributed by atoms with Crippen LogP contribution in [0.2, 0.25) is 10.0 Å². The van der Waals surface area contributed by atoms with Crippen LogP contribution in [0.3, 0.4) is 0 Å². The summed E-state index contributed by atoms with van der Waals surface area (Å²) in [5.41, 5.74) is 0. The van der Waals surface area contributed by atoms with Gasteiger partial charge < -0.3 is 14.7 Å². The van der Waals surface area contributed by atoms with Crippen LogP contribution >= 0.6 is 35.0 Å². The fourth-order valence-corrected chi connectivity index (χ4v) is 3.15. The molecule has 1 atom stereocenters. The molecule has 20 heavy (non-hydrogen) atoms. The van der Waals surface area contributed by atoms with Crippen LogP contribution in [-0.4, -0.2) is 46.2 Å². The maximum absolute atomic E-state index is 12.0. The summed E-state index contributed by atoms with van der Waals surface area (Å²) in [6.07, 6.45) is 0. The van der Waals surface area contributed by atoms with Crippen molar-refractivity contribution in [3.05, 3.63) is 28.2 Å². The first kappa shape index (κ1) is 15.3. The van der Waals surface area contributed by atoms with Gasteiger partial charge in [0.25, 0.3) is 5.91 Å². The van der Waals surface area contributed by atoms with Crippen LogP contribution < -0.4 is 4.74 Å². The molecule has 8 heteroatoms. The van der Waals surface area contributed by atoms with E-state index < -0.39 is 12.0 Å². The molecular formula is C12H11Cl2NO4S. The Kier molecular flexibility index (Phi) is 5.01. The monoisotopic (exact) mass is 335 g/mol. The van der Waals surface area contributed by atoms with Crippen LogP contribution in [0.4, 0.5) is 0 Å². The lowest BCUT2D eigenvalue weighted by Gasteiger charge is -2.20. The average molecular weight is 336 g/mol. The van der Waals surface area contributed by atoms with Crippen molar-refractivity contribution in [2.24, 2.45) is 0 Å². The largest absolute Gasteiger partial charge is 0.484 e. The molecule has 1 aromatic carbocycles. The predicted octanol–water partition coefficient (Wildman–Crippen LogP) is 2.36. The Morgan fingerprint density at radius 3 is 2.80 bits per heavy atom. The number of hydrogen-bond acceptors (Lipinski definition) is 4. The highest BCUT2D eigenvalue weighted by molar-refractivity contribution is 7.99. The number of nitrogens with zero attached hydrogens (tertiary/aromatic N) is 1. The summed E-state index contributed by atoms with van der Waals surface area (Å²) < 4.78 is 5.31. The summed E-state index contributed by atoms with van der Waals surface area (Å²) in [5, 5.41) is 9.73. The second kappa shape index (κ2) is 6.56. The molecule has 5 nitrogen and oxygen atoms in total. The molecule has 1 aromatic rings. The number of thioether (sulfide) groups is 1. The zero-order valence-corrected chi connectivity index (χ0v) is 12.5. The van der Waals surface area contributed by atoms with Crippen molar-refractivity contribution in [1.82, 2.24) is 4.90 Å². The Hall–Kier alpha value is -1.11. The smallest absolute Gasteiger partial charge is 0.327 e. The molecular weight excluding hydrogens is 325 g/mol. The fraction of sp³-hybridized carbons (Fsp3) is 0.333. The fourth-order valence-electron chi connectivity index (χ4n) is 1.69. The highest BCUT2D eigenvalue weighted by Crippen LogP contribution is 2.26. The number of rotatable bonds is 4. The van der Waals surface area contributed by atoms with Gasteiger partial charge in [0.05, 0.1) is 15.9 Å². The molecule has 1 aliphatic rings. The molecule has 1 saturated heterocycles. The molecule has 0 bridgehead atoms. The van der Waals surface area contributed by atoms with E-state index in [0.717, 1.165) is 0 Å². The van der Waals surface area contributed by atoms with Crippen molar-refractivity contribution in [3.63, 3.8) is 0 Å². The van der Waals surface area contributed by atoms with E-state index in [2.05, 4.69) is 0 Å². The van der Waals surface area contributed by atoms with Crippen molar-refractivity contribution in [2.45, 2.75) is 6.04 Å². The first-order valence-corrected chi connectivity index (χ1v) is 7.58. The molecule has 0 saturated carbocycles. The summed E-state index contributed by atoms with van der Waals surface area (Å²) in [6.45, 7) is -0.234. The SMILES string of the molecule is O=C(O)C1CSCN1C(=O)COc1ccc(Cl)c(Cl)c1. The molecule has 1 aliphatic heterocycles. The lowest BCUT2D eigenvalue weighted by Crippen LogP contribution is -2.43. The zero-order valence-electron chi connectivity index (χ0n) is 10.2. The molecule has 108 valence electrons. The molecule has 0 radical (unpaired) electrons. The molecule has 1 N–H and O–H groups in total. The molecule has 1 heterocycles. The minimum atomic E-state index is -1.00. The minimum Gasteiger partial charge on any atom is -0.484 e. The normalized spacial score (nSPS) is 18.1. The minimum absolute atomic E-state index is 0.234. The number of carbonyl (C=O) groups is 2. The van der Waals surface area contributed by atoms with Gasteiger partial charge in [0.2, 0.25) is 0 Å². The van der Waals surface area contributed by atoms with Crippen LogP contribution in [0, 0.1) is 0 Å². The number of carboxylic acid groups (broad SMARTS) is 1. The van der Waals surface area contributed by atoms with Gasteiger partial charge in [-0.05, 0) is 12.1 Å². The third kappa shape index (κ3) is 3.50. The van der Waals surface area contributed by atoms with Crippen LogP contribution in [-0.2, 0) is 9.59 Å². The van der Waals surface area contributed by atoms with Gasteiger partial charge in [-0.25, -0.2) is 4.79 Å². The second-order valence-electron chi connectivity index (χ2n) is 4.08. The highest BCUT2D eigenvalue weighted by atomic mass is 35.5. The summed E-state index contributed by atoms with van der Waals surface area (Å²) in [4.78, 5) is 24.2. The Morgan fingerprint density at radius 2 is 2.15 bits per heavy atom. The number of amides is 1. The third-order valence-electron chi connectivity index (χ3n) is 2.74. The van der Waals surface area contributed by atoms with E-state index in [0.29, 0.717) is 27.4 Å². The van der Waals surface area contributed by atoms with Crippen molar-refractivity contribution < 1.29 is 19.4 Å². The molecule has 1 fully saturated rings. The van der Waals surface area contributed by atoms with Gasteiger partial charge in [0.1, 0.15) is 11.8 Å². The zero-order chi connectivity index (χ0) is 14.7. The van der Waals surface area contributed by atoms with Gasteiger partial charge in [0.15, 0.2) is 6.61 Å². The van der Waals surface area contributed by atoms with Crippen molar-refractivity contribution in [3.8, 4) is 5.75 Å². The standard InChI is InChI=1S/C12H11Cl2NO4S/c13-8-2-1-7(3-9(8)14)19-4-11(16)15-6-20-5-10(15)12(17)18/h1-3,10H,4-6H2,(H,17,18). The van der Waals surface area contributed by atoms with E-state index in [-0.39, 0.29) is 12.5 Å². The average Bonchev–Trinajstić information content (AvgIpc) is 2.89. The molecule has 1 unspecified atom stereocenters. The summed E-state index contributed by atoms with van der Waals surface area (Å²) in [6, 6.07) is 3.87. The number of halogens is 2. The molecule has 0 aromatic heterocycles. The van der Waals surface area contributed by atoms with E-state index in [1.165, 1.54) is 22.7 Å². The lowest BCUT2D eigenvalue weighted by molar-refractivity contribution is -0.148. The highest BCUT2D eigenvalue weighted by Gasteiger charge is 2.34. The maximum Gasteiger partial charge on any atom is 0.327 e. The quantitative estimate of drug-likeness (QED) is 0.914. The Balaban J connectivity index is 1.94. The van der Waals surface area contributed by atoms with Gasteiger partial charge in [-0.15, -0.1) is 11.8 Å². The van der Waals surface area contributed by atoms with E-state index in [4.69, 9.17) is 33.0 Å². The first-order chi connectivity index (χ1) is 9.49. The molecule has 0 aliphatic carbocycles.